The molecule has 2 rings (SSSR count). The number of hydrogen-bond acceptors (Lipinski definition) is 2. The molecule has 1 aliphatic carbocycles. The largest absolute Gasteiger partial charge is 0.343 e. The lowest BCUT2D eigenvalue weighted by molar-refractivity contribution is -0.130. The Morgan fingerprint density at radius 2 is 2.12 bits per heavy atom. The molecule has 0 aromatic rings. The molecule has 1 N–H and O–H groups in total. The van der Waals surface area contributed by atoms with Gasteiger partial charge < -0.3 is 10.2 Å². The third-order valence-corrected chi connectivity index (χ3v) is 3.79. The smallest absolute Gasteiger partial charge is 0.223 e. The molecule has 3 heteroatoms. The highest BCUT2D eigenvalue weighted by Crippen LogP contribution is 2.16. The number of carbonyl (C=O) groups excluding carboxylic acids is 1. The lowest BCUT2D eigenvalue weighted by Crippen LogP contribution is -2.32. The minimum absolute atomic E-state index is 0.332. The van der Waals surface area contributed by atoms with Crippen molar-refractivity contribution in [2.45, 2.75) is 38.5 Å². The van der Waals surface area contributed by atoms with Crippen molar-refractivity contribution in [1.29, 1.82) is 0 Å². The molecular weight excluding hydrogens is 212 g/mol. The van der Waals surface area contributed by atoms with Crippen molar-refractivity contribution in [2.75, 3.05) is 26.2 Å². The van der Waals surface area contributed by atoms with Gasteiger partial charge >= 0.3 is 0 Å². The van der Waals surface area contributed by atoms with Gasteiger partial charge in [0.1, 0.15) is 0 Å². The van der Waals surface area contributed by atoms with Crippen LogP contribution in [0.3, 0.4) is 0 Å². The molecule has 0 saturated carbocycles. The number of likely N-dealkylation sites (tertiary alicyclic amines) is 1. The molecule has 1 aliphatic heterocycles. The van der Waals surface area contributed by atoms with Crippen molar-refractivity contribution in [1.82, 2.24) is 10.2 Å². The third-order valence-electron chi connectivity index (χ3n) is 3.79. The Hall–Kier alpha value is -0.830. The molecule has 0 aromatic heterocycles. The summed E-state index contributed by atoms with van der Waals surface area (Å²) < 4.78 is 0. The first-order valence-corrected chi connectivity index (χ1v) is 7.00. The highest BCUT2D eigenvalue weighted by Gasteiger charge is 2.17. The van der Waals surface area contributed by atoms with Crippen LogP contribution in [0.4, 0.5) is 0 Å². The van der Waals surface area contributed by atoms with Crippen LogP contribution >= 0.6 is 0 Å². The van der Waals surface area contributed by atoms with Crippen LogP contribution in [0, 0.1) is 5.92 Å². The van der Waals surface area contributed by atoms with E-state index in [4.69, 9.17) is 0 Å². The van der Waals surface area contributed by atoms with Crippen molar-refractivity contribution in [3.63, 3.8) is 0 Å². The van der Waals surface area contributed by atoms with E-state index < -0.39 is 0 Å². The first-order chi connectivity index (χ1) is 8.36. The lowest BCUT2D eigenvalue weighted by Gasteiger charge is -2.19. The average Bonchev–Trinajstić information content (AvgIpc) is 2.89. The topological polar surface area (TPSA) is 32.3 Å². The normalized spacial score (nSPS) is 24.2. The number of nitrogens with zero attached hydrogens (tertiary/aromatic N) is 1. The summed E-state index contributed by atoms with van der Waals surface area (Å²) in [5.74, 6) is 1.11. The summed E-state index contributed by atoms with van der Waals surface area (Å²) in [4.78, 5) is 13.8. The maximum absolute atomic E-state index is 11.8. The van der Waals surface area contributed by atoms with Crippen LogP contribution in [0.15, 0.2) is 12.2 Å². The first kappa shape index (κ1) is 12.6. The lowest BCUT2D eigenvalue weighted by atomic mass is 9.94. The standard InChI is InChI=1S/C14H24N2O/c17-14(16-10-4-5-11-16)8-9-15-12-13-6-2-1-3-7-13/h1-2,13,15H,3-12H2. The van der Waals surface area contributed by atoms with Crippen molar-refractivity contribution in [3.8, 4) is 0 Å². The number of carbonyl (C=O) groups is 1. The summed E-state index contributed by atoms with van der Waals surface area (Å²) in [6, 6.07) is 0. The van der Waals surface area contributed by atoms with Crippen LogP contribution in [0.5, 0.6) is 0 Å². The molecule has 1 amide bonds. The zero-order chi connectivity index (χ0) is 11.9. The summed E-state index contributed by atoms with van der Waals surface area (Å²) in [6.45, 7) is 3.87. The molecule has 1 fully saturated rings. The Morgan fingerprint density at radius 3 is 2.82 bits per heavy atom. The van der Waals surface area contributed by atoms with Gasteiger partial charge in [-0.1, -0.05) is 12.2 Å². The quantitative estimate of drug-likeness (QED) is 0.584. The van der Waals surface area contributed by atoms with Crippen LogP contribution in [-0.4, -0.2) is 37.0 Å². The van der Waals surface area contributed by atoms with Gasteiger partial charge in [-0.15, -0.1) is 0 Å². The van der Waals surface area contributed by atoms with E-state index in [9.17, 15) is 4.79 Å². The molecule has 1 heterocycles. The van der Waals surface area contributed by atoms with Crippen molar-refractivity contribution in [3.05, 3.63) is 12.2 Å². The van der Waals surface area contributed by atoms with E-state index in [0.717, 1.165) is 32.1 Å². The average molecular weight is 236 g/mol. The monoisotopic (exact) mass is 236 g/mol. The van der Waals surface area contributed by atoms with Gasteiger partial charge in [0.15, 0.2) is 0 Å². The molecule has 17 heavy (non-hydrogen) atoms. The third kappa shape index (κ3) is 4.15. The van der Waals surface area contributed by atoms with Crippen LogP contribution in [0.1, 0.15) is 38.5 Å². The fraction of sp³-hybridized carbons (Fsp3) is 0.786. The Morgan fingerprint density at radius 1 is 1.29 bits per heavy atom. The number of hydrogen-bond donors (Lipinski definition) is 1. The zero-order valence-corrected chi connectivity index (χ0v) is 10.7. The number of allylic oxidation sites excluding steroid dienone is 2. The Bertz CT molecular complexity index is 269. The van der Waals surface area contributed by atoms with Gasteiger partial charge in [0.25, 0.3) is 0 Å². The second-order valence-electron chi connectivity index (χ2n) is 5.19. The van der Waals surface area contributed by atoms with Crippen molar-refractivity contribution >= 4 is 5.91 Å². The molecule has 0 radical (unpaired) electrons. The van der Waals surface area contributed by atoms with E-state index in [-0.39, 0.29) is 0 Å². The Balaban J connectivity index is 1.53. The van der Waals surface area contributed by atoms with Gasteiger partial charge in [-0.2, -0.15) is 0 Å². The van der Waals surface area contributed by atoms with Crippen LogP contribution < -0.4 is 5.32 Å². The molecule has 0 spiro atoms. The van der Waals surface area contributed by atoms with E-state index in [0.29, 0.717) is 12.3 Å². The highest BCUT2D eigenvalue weighted by atomic mass is 16.2. The summed E-state index contributed by atoms with van der Waals surface area (Å²) in [6.07, 6.45) is 11.3. The fourth-order valence-corrected chi connectivity index (χ4v) is 2.67. The van der Waals surface area contributed by atoms with Crippen molar-refractivity contribution in [2.24, 2.45) is 5.92 Å². The minimum Gasteiger partial charge on any atom is -0.343 e. The van der Waals surface area contributed by atoms with Gasteiger partial charge in [-0.25, -0.2) is 0 Å². The van der Waals surface area contributed by atoms with Gasteiger partial charge in [-0.05, 0) is 44.6 Å². The molecule has 1 saturated heterocycles. The fourth-order valence-electron chi connectivity index (χ4n) is 2.67. The van der Waals surface area contributed by atoms with Crippen LogP contribution in [0.25, 0.3) is 0 Å². The SMILES string of the molecule is O=C(CCNCC1CC=CCC1)N1CCCC1. The number of amides is 1. The van der Waals surface area contributed by atoms with E-state index >= 15 is 0 Å². The van der Waals surface area contributed by atoms with Gasteiger partial charge in [0.05, 0.1) is 0 Å². The summed E-state index contributed by atoms with van der Waals surface area (Å²) >= 11 is 0. The van der Waals surface area contributed by atoms with Gasteiger partial charge in [0, 0.05) is 26.1 Å². The molecular formula is C14H24N2O. The van der Waals surface area contributed by atoms with Gasteiger partial charge in [-0.3, -0.25) is 4.79 Å². The summed E-state index contributed by atoms with van der Waals surface area (Å²) in [5.41, 5.74) is 0. The number of nitrogens with one attached hydrogen (secondary N) is 1. The Labute approximate surface area is 104 Å². The molecule has 3 nitrogen and oxygen atoms in total. The van der Waals surface area contributed by atoms with Crippen molar-refractivity contribution < 1.29 is 4.79 Å². The highest BCUT2D eigenvalue weighted by molar-refractivity contribution is 5.76. The second-order valence-corrected chi connectivity index (χ2v) is 5.19. The van der Waals surface area contributed by atoms with E-state index in [1.54, 1.807) is 0 Å². The second kappa shape index (κ2) is 6.80. The van der Waals surface area contributed by atoms with Gasteiger partial charge in [0.2, 0.25) is 5.91 Å². The van der Waals surface area contributed by atoms with Crippen LogP contribution in [-0.2, 0) is 4.79 Å². The predicted octanol–water partition coefficient (Wildman–Crippen LogP) is 1.94. The molecule has 0 bridgehead atoms. The summed E-state index contributed by atoms with van der Waals surface area (Å²) in [5, 5.41) is 3.43. The molecule has 1 atom stereocenters. The first-order valence-electron chi connectivity index (χ1n) is 7.00. The molecule has 1 unspecified atom stereocenters. The van der Waals surface area contributed by atoms with Crippen LogP contribution in [0.2, 0.25) is 0 Å². The van der Waals surface area contributed by atoms with E-state index in [1.165, 1.54) is 32.1 Å². The van der Waals surface area contributed by atoms with E-state index in [1.807, 2.05) is 4.90 Å². The minimum atomic E-state index is 0.332. The zero-order valence-electron chi connectivity index (χ0n) is 10.7. The van der Waals surface area contributed by atoms with E-state index in [2.05, 4.69) is 17.5 Å². The summed E-state index contributed by atoms with van der Waals surface area (Å²) in [7, 11) is 0. The molecule has 0 aromatic carbocycles. The molecule has 2 aliphatic rings. The predicted molar refractivity (Wildman–Crippen MR) is 69.8 cm³/mol. The maximum atomic E-state index is 11.8. The maximum Gasteiger partial charge on any atom is 0.223 e. The number of rotatable bonds is 5. The Kier molecular flexibility index (Phi) is 5.05. The molecule has 96 valence electrons.